The number of nitrogens with zero attached hydrogens (tertiary/aromatic N) is 1. The van der Waals surface area contributed by atoms with Gasteiger partial charge in [0, 0.05) is 23.5 Å². The Labute approximate surface area is 128 Å². The summed E-state index contributed by atoms with van der Waals surface area (Å²) in [5.41, 5.74) is 2.50. The van der Waals surface area contributed by atoms with Gasteiger partial charge < -0.3 is 10.6 Å². The molecule has 1 aliphatic carbocycles. The quantitative estimate of drug-likeness (QED) is 0.910. The Morgan fingerprint density at radius 2 is 1.82 bits per heavy atom. The van der Waals surface area contributed by atoms with Gasteiger partial charge in [-0.05, 0) is 44.0 Å². The molecule has 112 valence electrons. The lowest BCUT2D eigenvalue weighted by Gasteiger charge is -2.07. The van der Waals surface area contributed by atoms with Crippen LogP contribution in [0, 0.1) is 6.92 Å². The average Bonchev–Trinajstić information content (AvgIpc) is 3.33. The lowest BCUT2D eigenvalue weighted by molar-refractivity contribution is 0.0951. The number of hydrogen-bond acceptors (Lipinski definition) is 3. The zero-order chi connectivity index (χ0) is 15.5. The van der Waals surface area contributed by atoms with Crippen molar-refractivity contribution in [3.8, 4) is 0 Å². The van der Waals surface area contributed by atoms with Crippen LogP contribution in [0.25, 0.3) is 0 Å². The third kappa shape index (κ3) is 3.49. The third-order valence-corrected chi connectivity index (χ3v) is 3.48. The van der Waals surface area contributed by atoms with E-state index in [1.807, 2.05) is 31.2 Å². The summed E-state index contributed by atoms with van der Waals surface area (Å²) in [5, 5.41) is 5.67. The highest BCUT2D eigenvalue weighted by Crippen LogP contribution is 2.19. The second-order valence-corrected chi connectivity index (χ2v) is 5.50. The second kappa shape index (κ2) is 5.97. The maximum absolute atomic E-state index is 12.2. The predicted molar refractivity (Wildman–Crippen MR) is 83.9 cm³/mol. The van der Waals surface area contributed by atoms with Crippen molar-refractivity contribution in [2.24, 2.45) is 0 Å². The first-order valence-electron chi connectivity index (χ1n) is 7.27. The molecular formula is C17H17N3O2. The zero-order valence-corrected chi connectivity index (χ0v) is 12.3. The van der Waals surface area contributed by atoms with Gasteiger partial charge in [0.1, 0.15) is 5.69 Å². The van der Waals surface area contributed by atoms with Crippen LogP contribution in [0.5, 0.6) is 0 Å². The molecule has 0 unspecified atom stereocenters. The van der Waals surface area contributed by atoms with Crippen LogP contribution in [-0.4, -0.2) is 22.8 Å². The van der Waals surface area contributed by atoms with Crippen LogP contribution < -0.4 is 10.6 Å². The third-order valence-electron chi connectivity index (χ3n) is 3.48. The van der Waals surface area contributed by atoms with Crippen molar-refractivity contribution in [3.63, 3.8) is 0 Å². The number of pyridine rings is 1. The van der Waals surface area contributed by atoms with Crippen LogP contribution >= 0.6 is 0 Å². The maximum atomic E-state index is 12.2. The zero-order valence-electron chi connectivity index (χ0n) is 12.3. The fraction of sp³-hybridized carbons (Fsp3) is 0.235. The van der Waals surface area contributed by atoms with Crippen molar-refractivity contribution < 1.29 is 9.59 Å². The van der Waals surface area contributed by atoms with Gasteiger partial charge in [0.2, 0.25) is 0 Å². The van der Waals surface area contributed by atoms with Gasteiger partial charge in [0.05, 0.1) is 0 Å². The molecule has 5 heteroatoms. The number of aryl methyl sites for hydroxylation is 1. The molecule has 2 amide bonds. The first-order valence-corrected chi connectivity index (χ1v) is 7.27. The van der Waals surface area contributed by atoms with Gasteiger partial charge in [-0.25, -0.2) is 0 Å². The molecule has 1 aromatic carbocycles. The highest BCUT2D eigenvalue weighted by molar-refractivity contribution is 6.04. The first kappa shape index (κ1) is 14.3. The van der Waals surface area contributed by atoms with E-state index in [4.69, 9.17) is 0 Å². The van der Waals surface area contributed by atoms with Crippen molar-refractivity contribution in [1.82, 2.24) is 10.3 Å². The summed E-state index contributed by atoms with van der Waals surface area (Å²) in [5.74, 6) is -0.487. The summed E-state index contributed by atoms with van der Waals surface area (Å²) in [6.45, 7) is 1.98. The summed E-state index contributed by atoms with van der Waals surface area (Å²) < 4.78 is 0. The minimum absolute atomic E-state index is 0.158. The van der Waals surface area contributed by atoms with E-state index in [-0.39, 0.29) is 23.6 Å². The molecule has 1 saturated carbocycles. The van der Waals surface area contributed by atoms with Crippen LogP contribution in [0.15, 0.2) is 42.6 Å². The largest absolute Gasteiger partial charge is 0.349 e. The van der Waals surface area contributed by atoms with Crippen molar-refractivity contribution in [3.05, 3.63) is 59.4 Å². The van der Waals surface area contributed by atoms with Crippen molar-refractivity contribution in [1.29, 1.82) is 0 Å². The molecule has 0 saturated heterocycles. The summed E-state index contributed by atoms with van der Waals surface area (Å²) in [6.07, 6.45) is 3.53. The molecule has 0 spiro atoms. The molecule has 1 aliphatic rings. The molecule has 1 fully saturated rings. The molecule has 2 N–H and O–H groups in total. The molecule has 3 rings (SSSR count). The Bertz CT molecular complexity index is 706. The minimum Gasteiger partial charge on any atom is -0.349 e. The Hall–Kier alpha value is -2.69. The number of rotatable bonds is 4. The van der Waals surface area contributed by atoms with Crippen LogP contribution in [0.3, 0.4) is 0 Å². The van der Waals surface area contributed by atoms with Gasteiger partial charge in [-0.2, -0.15) is 0 Å². The normalized spacial score (nSPS) is 13.5. The predicted octanol–water partition coefficient (Wildman–Crippen LogP) is 2.53. The minimum atomic E-state index is -0.329. The monoisotopic (exact) mass is 295 g/mol. The fourth-order valence-corrected chi connectivity index (χ4v) is 2.02. The number of amides is 2. The van der Waals surface area contributed by atoms with E-state index >= 15 is 0 Å². The van der Waals surface area contributed by atoms with E-state index in [0.717, 1.165) is 18.4 Å². The van der Waals surface area contributed by atoms with Crippen LogP contribution in [-0.2, 0) is 0 Å². The molecule has 0 aliphatic heterocycles. The topological polar surface area (TPSA) is 71.1 Å². The number of carbonyl (C=O) groups excluding carboxylic acids is 2. The van der Waals surface area contributed by atoms with E-state index in [2.05, 4.69) is 15.6 Å². The molecule has 1 heterocycles. The van der Waals surface area contributed by atoms with Crippen molar-refractivity contribution in [2.75, 3.05) is 5.32 Å². The molecule has 0 radical (unpaired) electrons. The number of aromatic nitrogens is 1. The van der Waals surface area contributed by atoms with Gasteiger partial charge in [0.15, 0.2) is 0 Å². The van der Waals surface area contributed by atoms with E-state index in [1.165, 1.54) is 12.3 Å². The van der Waals surface area contributed by atoms with Crippen molar-refractivity contribution >= 4 is 17.5 Å². The maximum Gasteiger partial charge on any atom is 0.274 e. The number of benzene rings is 1. The second-order valence-electron chi connectivity index (χ2n) is 5.50. The number of hydrogen-bond donors (Lipinski definition) is 2. The average molecular weight is 295 g/mol. The number of anilines is 1. The Kier molecular flexibility index (Phi) is 3.87. The Balaban J connectivity index is 1.71. The summed E-state index contributed by atoms with van der Waals surface area (Å²) in [4.78, 5) is 28.2. The molecular weight excluding hydrogens is 278 g/mol. The van der Waals surface area contributed by atoms with E-state index in [1.54, 1.807) is 6.07 Å². The lowest BCUT2D eigenvalue weighted by atomic mass is 10.2. The van der Waals surface area contributed by atoms with E-state index in [9.17, 15) is 9.59 Å². The Morgan fingerprint density at radius 3 is 2.50 bits per heavy atom. The van der Waals surface area contributed by atoms with E-state index in [0.29, 0.717) is 11.3 Å². The first-order chi connectivity index (χ1) is 10.6. The van der Waals surface area contributed by atoms with Crippen LogP contribution in [0.4, 0.5) is 5.69 Å². The van der Waals surface area contributed by atoms with Crippen LogP contribution in [0.1, 0.15) is 39.3 Å². The molecule has 0 atom stereocenters. The summed E-state index contributed by atoms with van der Waals surface area (Å²) in [6, 6.07) is 10.9. The van der Waals surface area contributed by atoms with Gasteiger partial charge >= 0.3 is 0 Å². The highest BCUT2D eigenvalue weighted by atomic mass is 16.2. The van der Waals surface area contributed by atoms with Gasteiger partial charge in [-0.3, -0.25) is 14.6 Å². The van der Waals surface area contributed by atoms with Gasteiger partial charge in [-0.1, -0.05) is 17.7 Å². The standard InChI is InChI=1S/C17H17N3O2/c1-11-2-4-13(5-3-11)20-17(22)15-10-12(8-9-18-15)16(21)19-14-6-7-14/h2-5,8-10,14H,6-7H2,1H3,(H,19,21)(H,20,22). The summed E-state index contributed by atoms with van der Waals surface area (Å²) >= 11 is 0. The van der Waals surface area contributed by atoms with Gasteiger partial charge in [0.25, 0.3) is 11.8 Å². The summed E-state index contributed by atoms with van der Waals surface area (Å²) in [7, 11) is 0. The molecule has 5 nitrogen and oxygen atoms in total. The Morgan fingerprint density at radius 1 is 1.09 bits per heavy atom. The lowest BCUT2D eigenvalue weighted by Crippen LogP contribution is -2.26. The molecule has 0 bridgehead atoms. The number of nitrogens with one attached hydrogen (secondary N) is 2. The van der Waals surface area contributed by atoms with E-state index < -0.39 is 0 Å². The highest BCUT2D eigenvalue weighted by Gasteiger charge is 2.24. The van der Waals surface area contributed by atoms with Crippen LogP contribution in [0.2, 0.25) is 0 Å². The van der Waals surface area contributed by atoms with Crippen molar-refractivity contribution in [2.45, 2.75) is 25.8 Å². The number of carbonyl (C=O) groups is 2. The fourth-order valence-electron chi connectivity index (χ4n) is 2.02. The van der Waals surface area contributed by atoms with Gasteiger partial charge in [-0.15, -0.1) is 0 Å². The SMILES string of the molecule is Cc1ccc(NC(=O)c2cc(C(=O)NC3CC3)ccn2)cc1. The smallest absolute Gasteiger partial charge is 0.274 e. The molecule has 1 aromatic heterocycles. The molecule has 22 heavy (non-hydrogen) atoms. The molecule has 2 aromatic rings.